The third-order valence-corrected chi connectivity index (χ3v) is 3.45. The zero-order chi connectivity index (χ0) is 13.8. The number of aromatic carboxylic acids is 1. The molecule has 0 atom stereocenters. The number of carboxylic acid groups (broad SMARTS) is 1. The molecule has 0 fully saturated rings. The Hall–Kier alpha value is -2.09. The molecule has 2 N–H and O–H groups in total. The lowest BCUT2D eigenvalue weighted by molar-refractivity contribution is -0.122. The second-order valence-corrected chi connectivity index (χ2v) is 4.79. The number of nitrogens with zero attached hydrogens (tertiary/aromatic N) is 1. The van der Waals surface area contributed by atoms with Gasteiger partial charge in [-0.3, -0.25) is 4.79 Å². The quantitative estimate of drug-likeness (QED) is 0.842. The van der Waals surface area contributed by atoms with E-state index in [9.17, 15) is 9.59 Å². The Morgan fingerprint density at radius 2 is 2.32 bits per heavy atom. The van der Waals surface area contributed by atoms with Crippen LogP contribution in [0.2, 0.25) is 0 Å². The Morgan fingerprint density at radius 1 is 1.53 bits per heavy atom. The number of carboxylic acids is 1. The molecule has 1 aliphatic rings. The number of ether oxygens (including phenoxy) is 2. The van der Waals surface area contributed by atoms with Crippen LogP contribution in [0.4, 0.5) is 0 Å². The summed E-state index contributed by atoms with van der Waals surface area (Å²) < 4.78 is 10.1. The molecule has 2 rings (SSSR count). The number of rotatable bonds is 4. The third-order valence-electron chi connectivity index (χ3n) is 2.31. The van der Waals surface area contributed by atoms with Crippen LogP contribution in [0.3, 0.4) is 0 Å². The minimum atomic E-state index is -1.01. The average Bonchev–Trinajstić information content (AvgIpc) is 2.78. The summed E-state index contributed by atoms with van der Waals surface area (Å²) in [5.74, 6) is -1.32. The summed E-state index contributed by atoms with van der Waals surface area (Å²) in [7, 11) is 0. The van der Waals surface area contributed by atoms with Gasteiger partial charge in [-0.05, 0) is 6.92 Å². The molecule has 7 nitrogen and oxygen atoms in total. The molecule has 1 aromatic rings. The van der Waals surface area contributed by atoms with Crippen molar-refractivity contribution in [3.8, 4) is 0 Å². The first-order valence-electron chi connectivity index (χ1n) is 5.50. The van der Waals surface area contributed by atoms with Gasteiger partial charge in [0.25, 0.3) is 5.91 Å². The number of amides is 1. The Labute approximate surface area is 112 Å². The number of hydrogen-bond acceptors (Lipinski definition) is 6. The predicted molar refractivity (Wildman–Crippen MR) is 65.6 cm³/mol. The molecule has 0 bridgehead atoms. The first kappa shape index (κ1) is 13.3. The third kappa shape index (κ3) is 3.22. The van der Waals surface area contributed by atoms with Crippen LogP contribution in [0.5, 0.6) is 0 Å². The minimum absolute atomic E-state index is 0.109. The Bertz CT molecular complexity index is 537. The highest BCUT2D eigenvalue weighted by Crippen LogP contribution is 2.17. The summed E-state index contributed by atoms with van der Waals surface area (Å²) in [6, 6.07) is 0. The van der Waals surface area contributed by atoms with Gasteiger partial charge in [0.05, 0.1) is 12.2 Å². The lowest BCUT2D eigenvalue weighted by Gasteiger charge is -2.14. The van der Waals surface area contributed by atoms with Crippen molar-refractivity contribution in [1.29, 1.82) is 0 Å². The molecule has 1 amide bonds. The molecule has 1 aromatic heterocycles. The molecule has 102 valence electrons. The van der Waals surface area contributed by atoms with E-state index in [4.69, 9.17) is 14.6 Å². The summed E-state index contributed by atoms with van der Waals surface area (Å²) in [6.45, 7) is 2.52. The van der Waals surface area contributed by atoms with Crippen LogP contribution < -0.4 is 5.32 Å². The van der Waals surface area contributed by atoms with Gasteiger partial charge < -0.3 is 19.9 Å². The standard InChI is InChI=1S/C11H12N2O5S/c1-6-9(11(15)16)19-8(13-6)4-12-10(14)7-5-17-2-3-18-7/h5H,2-4H2,1H3,(H,12,14)(H,15,16). The number of nitrogens with one attached hydrogen (secondary N) is 1. The minimum Gasteiger partial charge on any atom is -0.494 e. The van der Waals surface area contributed by atoms with E-state index >= 15 is 0 Å². The maximum Gasteiger partial charge on any atom is 0.347 e. The van der Waals surface area contributed by atoms with Gasteiger partial charge in [-0.15, -0.1) is 11.3 Å². The van der Waals surface area contributed by atoms with Gasteiger partial charge in [0.2, 0.25) is 5.76 Å². The van der Waals surface area contributed by atoms with Crippen molar-refractivity contribution in [2.24, 2.45) is 0 Å². The first-order valence-corrected chi connectivity index (χ1v) is 6.32. The van der Waals surface area contributed by atoms with Crippen molar-refractivity contribution in [3.63, 3.8) is 0 Å². The van der Waals surface area contributed by atoms with Gasteiger partial charge in [-0.2, -0.15) is 0 Å². The number of aromatic nitrogens is 1. The van der Waals surface area contributed by atoms with E-state index in [0.717, 1.165) is 11.3 Å². The maximum atomic E-state index is 11.7. The average molecular weight is 284 g/mol. The number of hydrogen-bond donors (Lipinski definition) is 2. The van der Waals surface area contributed by atoms with Gasteiger partial charge in [-0.1, -0.05) is 0 Å². The van der Waals surface area contributed by atoms with Crippen molar-refractivity contribution in [2.75, 3.05) is 13.2 Å². The summed E-state index contributed by atoms with van der Waals surface area (Å²) in [5.41, 5.74) is 0.443. The van der Waals surface area contributed by atoms with Crippen LogP contribution in [0, 0.1) is 6.92 Å². The van der Waals surface area contributed by atoms with E-state index in [-0.39, 0.29) is 17.2 Å². The number of carbonyl (C=O) groups is 2. The zero-order valence-electron chi connectivity index (χ0n) is 10.1. The molecule has 0 radical (unpaired) electrons. The zero-order valence-corrected chi connectivity index (χ0v) is 11.0. The summed E-state index contributed by atoms with van der Waals surface area (Å²) in [4.78, 5) is 26.8. The SMILES string of the molecule is Cc1nc(CNC(=O)C2=COCCO2)sc1C(=O)O. The second kappa shape index (κ2) is 5.70. The van der Waals surface area contributed by atoms with Crippen LogP contribution in [-0.2, 0) is 20.8 Å². The molecule has 2 heterocycles. The Kier molecular flexibility index (Phi) is 4.00. The van der Waals surface area contributed by atoms with Crippen LogP contribution in [-0.4, -0.2) is 35.2 Å². The van der Waals surface area contributed by atoms with Crippen LogP contribution in [0.25, 0.3) is 0 Å². The molecular formula is C11H12N2O5S. The van der Waals surface area contributed by atoms with Gasteiger partial charge >= 0.3 is 5.97 Å². The van der Waals surface area contributed by atoms with Crippen LogP contribution >= 0.6 is 11.3 Å². The largest absolute Gasteiger partial charge is 0.494 e. The van der Waals surface area contributed by atoms with E-state index in [1.807, 2.05) is 0 Å². The van der Waals surface area contributed by atoms with Crippen molar-refractivity contribution in [2.45, 2.75) is 13.5 Å². The molecule has 19 heavy (non-hydrogen) atoms. The lowest BCUT2D eigenvalue weighted by atomic mass is 10.4. The molecule has 0 saturated heterocycles. The number of aryl methyl sites for hydroxylation is 1. The summed E-state index contributed by atoms with van der Waals surface area (Å²) in [5, 5.41) is 12.0. The van der Waals surface area contributed by atoms with Crippen molar-refractivity contribution in [3.05, 3.63) is 27.6 Å². The number of carbonyl (C=O) groups excluding carboxylic acids is 1. The second-order valence-electron chi connectivity index (χ2n) is 3.71. The van der Waals surface area contributed by atoms with E-state index in [1.54, 1.807) is 6.92 Å². The molecular weight excluding hydrogens is 272 g/mol. The Balaban J connectivity index is 1.95. The first-order chi connectivity index (χ1) is 9.08. The molecule has 0 unspecified atom stereocenters. The highest BCUT2D eigenvalue weighted by atomic mass is 32.1. The molecule has 0 saturated carbocycles. The van der Waals surface area contributed by atoms with Gasteiger partial charge in [0.1, 0.15) is 29.4 Å². The van der Waals surface area contributed by atoms with Gasteiger partial charge in [0.15, 0.2) is 0 Å². The summed E-state index contributed by atoms with van der Waals surface area (Å²) >= 11 is 1.04. The van der Waals surface area contributed by atoms with Crippen LogP contribution in [0.1, 0.15) is 20.4 Å². The topological polar surface area (TPSA) is 97.8 Å². The van der Waals surface area contributed by atoms with Gasteiger partial charge in [0, 0.05) is 0 Å². The van der Waals surface area contributed by atoms with E-state index in [0.29, 0.717) is 23.9 Å². The molecule has 0 spiro atoms. The Morgan fingerprint density at radius 3 is 2.89 bits per heavy atom. The molecule has 0 aliphatic carbocycles. The van der Waals surface area contributed by atoms with E-state index < -0.39 is 11.9 Å². The fourth-order valence-corrected chi connectivity index (χ4v) is 2.30. The maximum absolute atomic E-state index is 11.7. The van der Waals surface area contributed by atoms with Crippen LogP contribution in [0.15, 0.2) is 12.0 Å². The lowest BCUT2D eigenvalue weighted by Crippen LogP contribution is -2.27. The predicted octanol–water partition coefficient (Wildman–Crippen LogP) is 0.654. The van der Waals surface area contributed by atoms with Crippen molar-refractivity contribution < 1.29 is 24.2 Å². The smallest absolute Gasteiger partial charge is 0.347 e. The molecule has 0 aromatic carbocycles. The van der Waals surface area contributed by atoms with E-state index in [2.05, 4.69) is 10.3 Å². The highest BCUT2D eigenvalue weighted by molar-refractivity contribution is 7.13. The number of thiazole rings is 1. The fraction of sp³-hybridized carbons (Fsp3) is 0.364. The molecule has 8 heteroatoms. The van der Waals surface area contributed by atoms with Gasteiger partial charge in [-0.25, -0.2) is 9.78 Å². The van der Waals surface area contributed by atoms with E-state index in [1.165, 1.54) is 6.26 Å². The molecule has 1 aliphatic heterocycles. The van der Waals surface area contributed by atoms with Crippen molar-refractivity contribution >= 4 is 23.2 Å². The summed E-state index contributed by atoms with van der Waals surface area (Å²) in [6.07, 6.45) is 1.26. The fourth-order valence-electron chi connectivity index (χ4n) is 1.46. The monoisotopic (exact) mass is 284 g/mol. The highest BCUT2D eigenvalue weighted by Gasteiger charge is 2.17. The normalized spacial score (nSPS) is 14.1. The van der Waals surface area contributed by atoms with Crippen molar-refractivity contribution in [1.82, 2.24) is 10.3 Å².